The molecule has 0 spiro atoms. The molecule has 76 valence electrons. The van der Waals surface area contributed by atoms with Crippen molar-refractivity contribution in [1.82, 2.24) is 4.98 Å². The number of carbonyl (C=O) groups excluding carboxylic acids is 1. The molecule has 0 aliphatic rings. The first kappa shape index (κ1) is 10.7. The number of hydrogen-bond acceptors (Lipinski definition) is 2. The minimum atomic E-state index is -4.43. The zero-order valence-electron chi connectivity index (χ0n) is 7.43. The van der Waals surface area contributed by atoms with Crippen molar-refractivity contribution in [3.05, 3.63) is 29.1 Å². The van der Waals surface area contributed by atoms with Gasteiger partial charge in [-0.1, -0.05) is 6.07 Å². The summed E-state index contributed by atoms with van der Waals surface area (Å²) in [6.45, 7) is 1.45. The molecule has 0 saturated heterocycles. The first-order valence-corrected chi connectivity index (χ1v) is 3.92. The zero-order chi connectivity index (χ0) is 10.8. The van der Waals surface area contributed by atoms with Gasteiger partial charge in [0.1, 0.15) is 12.0 Å². The van der Waals surface area contributed by atoms with Crippen LogP contribution in [0.1, 0.15) is 17.0 Å². The number of pyridine rings is 1. The molecule has 2 nitrogen and oxygen atoms in total. The van der Waals surface area contributed by atoms with Gasteiger partial charge in [-0.15, -0.1) is 0 Å². The number of nitrogens with zero attached hydrogens (tertiary/aromatic N) is 1. The van der Waals surface area contributed by atoms with Crippen LogP contribution >= 0.6 is 0 Å². The van der Waals surface area contributed by atoms with E-state index in [1.54, 1.807) is 0 Å². The van der Waals surface area contributed by atoms with E-state index in [0.717, 1.165) is 6.07 Å². The van der Waals surface area contributed by atoms with Gasteiger partial charge >= 0.3 is 6.18 Å². The number of alkyl halides is 3. The van der Waals surface area contributed by atoms with Gasteiger partial charge in [0, 0.05) is 12.1 Å². The first-order chi connectivity index (χ1) is 6.45. The number of carbonyl (C=O) groups is 1. The predicted octanol–water partition coefficient (Wildman–Crippen LogP) is 2.15. The van der Waals surface area contributed by atoms with E-state index in [-0.39, 0.29) is 12.1 Å². The maximum Gasteiger partial charge on any atom is 0.433 e. The van der Waals surface area contributed by atoms with Crippen molar-refractivity contribution >= 4 is 6.29 Å². The summed E-state index contributed by atoms with van der Waals surface area (Å²) in [7, 11) is 0. The smallest absolute Gasteiger partial charge is 0.303 e. The van der Waals surface area contributed by atoms with Crippen LogP contribution in [0.5, 0.6) is 0 Å². The van der Waals surface area contributed by atoms with Gasteiger partial charge in [-0.05, 0) is 18.6 Å². The molecule has 0 bridgehead atoms. The Morgan fingerprint density at radius 2 is 2.07 bits per heavy atom. The lowest BCUT2D eigenvalue weighted by Gasteiger charge is -2.08. The van der Waals surface area contributed by atoms with Crippen molar-refractivity contribution in [2.75, 3.05) is 0 Å². The molecular formula is C9H8F3NO. The zero-order valence-corrected chi connectivity index (χ0v) is 7.43. The van der Waals surface area contributed by atoms with Crippen molar-refractivity contribution in [2.45, 2.75) is 19.5 Å². The molecule has 1 aromatic rings. The summed E-state index contributed by atoms with van der Waals surface area (Å²) < 4.78 is 36.5. The minimum Gasteiger partial charge on any atom is -0.303 e. The van der Waals surface area contributed by atoms with E-state index in [1.165, 1.54) is 13.0 Å². The molecule has 0 atom stereocenters. The predicted molar refractivity (Wildman–Crippen MR) is 43.7 cm³/mol. The molecule has 1 rings (SSSR count). The van der Waals surface area contributed by atoms with Gasteiger partial charge < -0.3 is 4.79 Å². The number of aromatic nitrogens is 1. The Bertz CT molecular complexity index is 346. The van der Waals surface area contributed by atoms with E-state index in [9.17, 15) is 18.0 Å². The Labute approximate surface area is 78.8 Å². The Morgan fingerprint density at radius 3 is 2.50 bits per heavy atom. The number of hydrogen-bond donors (Lipinski definition) is 0. The number of rotatable bonds is 2. The number of halogens is 3. The molecule has 14 heavy (non-hydrogen) atoms. The van der Waals surface area contributed by atoms with Gasteiger partial charge in [0.25, 0.3) is 0 Å². The maximum absolute atomic E-state index is 12.2. The van der Waals surface area contributed by atoms with Crippen LogP contribution in [0.4, 0.5) is 13.2 Å². The Balaban J connectivity index is 3.06. The molecule has 1 aromatic heterocycles. The lowest BCUT2D eigenvalue weighted by molar-refractivity contribution is -0.141. The van der Waals surface area contributed by atoms with Gasteiger partial charge in [-0.25, -0.2) is 4.98 Å². The standard InChI is InChI=1S/C9H8F3NO/c1-6-7(4-5-14)2-3-8(13-6)9(10,11)12/h2-3,5H,4H2,1H3. The molecule has 0 aliphatic carbocycles. The second-order valence-corrected chi connectivity index (χ2v) is 2.81. The first-order valence-electron chi connectivity index (χ1n) is 3.92. The second-order valence-electron chi connectivity index (χ2n) is 2.81. The third-order valence-electron chi connectivity index (χ3n) is 1.79. The summed E-state index contributed by atoms with van der Waals surface area (Å²) in [5.74, 6) is 0. The van der Waals surface area contributed by atoms with E-state index in [4.69, 9.17) is 0 Å². The number of aldehydes is 1. The Kier molecular flexibility index (Phi) is 2.88. The number of aryl methyl sites for hydroxylation is 1. The fourth-order valence-corrected chi connectivity index (χ4v) is 1.05. The maximum atomic E-state index is 12.2. The highest BCUT2D eigenvalue weighted by atomic mass is 19.4. The van der Waals surface area contributed by atoms with Crippen LogP contribution in [0.3, 0.4) is 0 Å². The van der Waals surface area contributed by atoms with Crippen molar-refractivity contribution in [1.29, 1.82) is 0 Å². The monoisotopic (exact) mass is 203 g/mol. The summed E-state index contributed by atoms with van der Waals surface area (Å²) in [5, 5.41) is 0. The minimum absolute atomic E-state index is 0.0942. The molecule has 0 unspecified atom stereocenters. The fourth-order valence-electron chi connectivity index (χ4n) is 1.05. The van der Waals surface area contributed by atoms with Crippen LogP contribution < -0.4 is 0 Å². The normalized spacial score (nSPS) is 11.4. The lowest BCUT2D eigenvalue weighted by atomic mass is 10.1. The van der Waals surface area contributed by atoms with Crippen LogP contribution in [0.2, 0.25) is 0 Å². The Morgan fingerprint density at radius 1 is 1.43 bits per heavy atom. The quantitative estimate of drug-likeness (QED) is 0.689. The topological polar surface area (TPSA) is 30.0 Å². The molecule has 0 aliphatic heterocycles. The van der Waals surface area contributed by atoms with Crippen LogP contribution in [-0.4, -0.2) is 11.3 Å². The average molecular weight is 203 g/mol. The summed E-state index contributed by atoms with van der Waals surface area (Å²) >= 11 is 0. The van der Waals surface area contributed by atoms with Crippen molar-refractivity contribution < 1.29 is 18.0 Å². The second kappa shape index (κ2) is 3.77. The van der Waals surface area contributed by atoms with E-state index >= 15 is 0 Å². The molecule has 0 fully saturated rings. The van der Waals surface area contributed by atoms with Crippen LogP contribution in [0.25, 0.3) is 0 Å². The molecule has 0 saturated carbocycles. The molecule has 0 amide bonds. The summed E-state index contributed by atoms with van der Waals surface area (Å²) in [6.07, 6.45) is -3.70. The third-order valence-corrected chi connectivity index (χ3v) is 1.79. The molecule has 0 aromatic carbocycles. The van der Waals surface area contributed by atoms with Gasteiger partial charge in [-0.2, -0.15) is 13.2 Å². The van der Waals surface area contributed by atoms with Gasteiger partial charge in [-0.3, -0.25) is 0 Å². The molecule has 1 heterocycles. The summed E-state index contributed by atoms with van der Waals surface area (Å²) in [4.78, 5) is 13.5. The Hall–Kier alpha value is -1.39. The summed E-state index contributed by atoms with van der Waals surface area (Å²) in [5.41, 5.74) is -0.162. The van der Waals surface area contributed by atoms with Crippen molar-refractivity contribution in [3.8, 4) is 0 Å². The SMILES string of the molecule is Cc1nc(C(F)(F)F)ccc1CC=O. The highest BCUT2D eigenvalue weighted by molar-refractivity contribution is 5.55. The third kappa shape index (κ3) is 2.31. The van der Waals surface area contributed by atoms with Crippen LogP contribution in [-0.2, 0) is 17.4 Å². The van der Waals surface area contributed by atoms with E-state index in [1.807, 2.05) is 0 Å². The van der Waals surface area contributed by atoms with Crippen molar-refractivity contribution in [3.63, 3.8) is 0 Å². The highest BCUT2D eigenvalue weighted by Gasteiger charge is 2.32. The average Bonchev–Trinajstić information content (AvgIpc) is 2.07. The molecule has 5 heteroatoms. The van der Waals surface area contributed by atoms with Gasteiger partial charge in [0.05, 0.1) is 0 Å². The van der Waals surface area contributed by atoms with E-state index in [0.29, 0.717) is 11.8 Å². The molecular weight excluding hydrogens is 195 g/mol. The van der Waals surface area contributed by atoms with Crippen LogP contribution in [0.15, 0.2) is 12.1 Å². The van der Waals surface area contributed by atoms with E-state index in [2.05, 4.69) is 4.98 Å². The largest absolute Gasteiger partial charge is 0.433 e. The van der Waals surface area contributed by atoms with Gasteiger partial charge in [0.2, 0.25) is 0 Å². The van der Waals surface area contributed by atoms with Crippen LogP contribution in [0, 0.1) is 6.92 Å². The lowest BCUT2D eigenvalue weighted by Crippen LogP contribution is -2.09. The van der Waals surface area contributed by atoms with E-state index < -0.39 is 11.9 Å². The summed E-state index contributed by atoms with van der Waals surface area (Å²) in [6, 6.07) is 2.16. The van der Waals surface area contributed by atoms with Crippen molar-refractivity contribution in [2.24, 2.45) is 0 Å². The fraction of sp³-hybridized carbons (Fsp3) is 0.333. The molecule has 0 radical (unpaired) electrons. The molecule has 0 N–H and O–H groups in total. The van der Waals surface area contributed by atoms with Gasteiger partial charge in [0.15, 0.2) is 0 Å². The highest BCUT2D eigenvalue weighted by Crippen LogP contribution is 2.28.